The van der Waals surface area contributed by atoms with Gasteiger partial charge < -0.3 is 9.47 Å². The zero-order chi connectivity index (χ0) is 20.9. The van der Waals surface area contributed by atoms with Crippen LogP contribution in [-0.2, 0) is 9.47 Å². The van der Waals surface area contributed by atoms with Gasteiger partial charge in [-0.3, -0.25) is 0 Å². The maximum Gasteiger partial charge on any atom is 0.171 e. The van der Waals surface area contributed by atoms with Gasteiger partial charge in [0.05, 0.1) is 18.5 Å². The van der Waals surface area contributed by atoms with E-state index in [0.717, 1.165) is 37.2 Å². The monoisotopic (exact) mass is 416 g/mol. The van der Waals surface area contributed by atoms with E-state index in [0.29, 0.717) is 47.0 Å². The normalized spacial score (nSPS) is 59.8. The average molecular weight is 417 g/mol. The fraction of sp³-hybridized carbons (Fsp3) is 0.926. The van der Waals surface area contributed by atoms with E-state index in [1.54, 1.807) is 0 Å². The Morgan fingerprint density at radius 2 is 1.83 bits per heavy atom. The summed E-state index contributed by atoms with van der Waals surface area (Å²) >= 11 is 0. The fourth-order valence-electron chi connectivity index (χ4n) is 9.85. The van der Waals surface area contributed by atoms with Crippen LogP contribution in [0.25, 0.3) is 0 Å². The van der Waals surface area contributed by atoms with Crippen molar-refractivity contribution in [3.05, 3.63) is 11.9 Å². The lowest BCUT2D eigenvalue weighted by molar-refractivity contribution is -0.273. The highest BCUT2D eigenvalue weighted by molar-refractivity contribution is 5.17. The van der Waals surface area contributed by atoms with Crippen molar-refractivity contribution in [2.24, 2.45) is 52.3 Å². The van der Waals surface area contributed by atoms with Crippen LogP contribution >= 0.6 is 0 Å². The van der Waals surface area contributed by atoms with Gasteiger partial charge in [-0.25, -0.2) is 4.39 Å². The minimum atomic E-state index is -0.304. The number of hydrogen-bond donors (Lipinski definition) is 0. The molecule has 168 valence electrons. The number of fused-ring (bicyclic) bond motifs is 7. The standard InChI is InChI=1S/C27H41FO2/c1-16-7-12-27(29-15-16)17(2)24-23(30-27)14-22-20-6-5-18-13-19(28)8-10-25(18,3)21(20)9-11-26(22,24)4/h8,16-18,20-24H,5-7,9-15H2,1-4H3/t16-,17+,18?,20-,21+,22+,23+,24+,25+,26+,27-/m1/s1. The van der Waals surface area contributed by atoms with E-state index < -0.39 is 0 Å². The summed E-state index contributed by atoms with van der Waals surface area (Å²) < 4.78 is 27.4. The molecular weight excluding hydrogens is 375 g/mol. The molecule has 0 bridgehead atoms. The summed E-state index contributed by atoms with van der Waals surface area (Å²) in [7, 11) is 0. The molecule has 2 nitrogen and oxygen atoms in total. The number of allylic oxidation sites excluding steroid dienone is 2. The van der Waals surface area contributed by atoms with Crippen LogP contribution in [0, 0.1) is 52.3 Å². The molecule has 2 saturated heterocycles. The minimum Gasteiger partial charge on any atom is -0.349 e. The largest absolute Gasteiger partial charge is 0.349 e. The Bertz CT molecular complexity index is 739. The maximum absolute atomic E-state index is 14.1. The molecule has 6 rings (SSSR count). The van der Waals surface area contributed by atoms with Gasteiger partial charge in [0.2, 0.25) is 0 Å². The third-order valence-electron chi connectivity index (χ3n) is 11.5. The van der Waals surface area contributed by atoms with Crippen LogP contribution in [0.15, 0.2) is 11.9 Å². The number of ether oxygens (including phenoxy) is 2. The molecule has 1 unspecified atom stereocenters. The first-order chi connectivity index (χ1) is 14.3. The second kappa shape index (κ2) is 6.56. The molecule has 0 radical (unpaired) electrons. The molecule has 3 heteroatoms. The van der Waals surface area contributed by atoms with Gasteiger partial charge in [-0.2, -0.15) is 0 Å². The molecule has 2 aliphatic heterocycles. The molecule has 11 atom stereocenters. The van der Waals surface area contributed by atoms with Crippen LogP contribution in [0.5, 0.6) is 0 Å². The zero-order valence-corrected chi connectivity index (χ0v) is 19.5. The van der Waals surface area contributed by atoms with E-state index in [1.165, 1.54) is 38.5 Å². The first kappa shape index (κ1) is 20.2. The first-order valence-corrected chi connectivity index (χ1v) is 12.9. The summed E-state index contributed by atoms with van der Waals surface area (Å²) in [6.45, 7) is 10.7. The van der Waals surface area contributed by atoms with Crippen molar-refractivity contribution >= 4 is 0 Å². The van der Waals surface area contributed by atoms with Crippen molar-refractivity contribution in [3.63, 3.8) is 0 Å². The lowest BCUT2D eigenvalue weighted by Crippen LogP contribution is -2.54. The lowest BCUT2D eigenvalue weighted by Gasteiger charge is -2.60. The molecule has 0 amide bonds. The summed E-state index contributed by atoms with van der Waals surface area (Å²) in [5, 5.41) is 0. The average Bonchev–Trinajstić information content (AvgIpc) is 3.16. The molecule has 2 heterocycles. The number of halogens is 1. The second-order valence-electron chi connectivity index (χ2n) is 12.7. The Morgan fingerprint density at radius 3 is 2.60 bits per heavy atom. The third kappa shape index (κ3) is 2.54. The van der Waals surface area contributed by atoms with Crippen LogP contribution in [0.2, 0.25) is 0 Å². The maximum atomic E-state index is 14.1. The van der Waals surface area contributed by atoms with Crippen LogP contribution in [-0.4, -0.2) is 18.5 Å². The third-order valence-corrected chi connectivity index (χ3v) is 11.5. The zero-order valence-electron chi connectivity index (χ0n) is 19.5. The molecule has 0 aromatic heterocycles. The summed E-state index contributed by atoms with van der Waals surface area (Å²) in [4.78, 5) is 0. The van der Waals surface area contributed by atoms with E-state index in [-0.39, 0.29) is 11.6 Å². The van der Waals surface area contributed by atoms with Gasteiger partial charge in [-0.1, -0.05) is 33.8 Å². The molecule has 0 aromatic carbocycles. The van der Waals surface area contributed by atoms with Crippen molar-refractivity contribution in [2.45, 2.75) is 97.4 Å². The highest BCUT2D eigenvalue weighted by Gasteiger charge is 2.69. The Morgan fingerprint density at radius 1 is 1.00 bits per heavy atom. The van der Waals surface area contributed by atoms with Gasteiger partial charge in [0.1, 0.15) is 0 Å². The summed E-state index contributed by atoms with van der Waals surface area (Å²) in [6.07, 6.45) is 12.7. The van der Waals surface area contributed by atoms with Crippen LogP contribution < -0.4 is 0 Å². The Hall–Kier alpha value is -0.410. The van der Waals surface area contributed by atoms with Gasteiger partial charge >= 0.3 is 0 Å². The van der Waals surface area contributed by atoms with Crippen LogP contribution in [0.3, 0.4) is 0 Å². The Labute approximate surface area is 182 Å². The van der Waals surface area contributed by atoms with Gasteiger partial charge in [-0.15, -0.1) is 0 Å². The minimum absolute atomic E-state index is 0.154. The fourth-order valence-corrected chi connectivity index (χ4v) is 9.85. The first-order valence-electron chi connectivity index (χ1n) is 12.9. The highest BCUT2D eigenvalue weighted by atomic mass is 19.1. The Kier molecular flexibility index (Phi) is 4.42. The van der Waals surface area contributed by atoms with E-state index in [1.807, 2.05) is 6.08 Å². The molecule has 5 fully saturated rings. The van der Waals surface area contributed by atoms with Crippen LogP contribution in [0.4, 0.5) is 4.39 Å². The van der Waals surface area contributed by atoms with E-state index in [4.69, 9.17) is 9.47 Å². The summed E-state index contributed by atoms with van der Waals surface area (Å²) in [5.74, 6) is 4.58. The molecule has 4 aliphatic carbocycles. The molecule has 0 aromatic rings. The summed E-state index contributed by atoms with van der Waals surface area (Å²) in [6, 6.07) is 0. The molecular formula is C27H41FO2. The predicted octanol–water partition coefficient (Wildman–Crippen LogP) is 6.90. The van der Waals surface area contributed by atoms with Crippen molar-refractivity contribution in [3.8, 4) is 0 Å². The van der Waals surface area contributed by atoms with Gasteiger partial charge in [0, 0.05) is 18.8 Å². The molecule has 1 spiro atoms. The Balaban J connectivity index is 1.27. The van der Waals surface area contributed by atoms with Crippen molar-refractivity contribution < 1.29 is 13.9 Å². The predicted molar refractivity (Wildman–Crippen MR) is 116 cm³/mol. The number of hydrogen-bond acceptors (Lipinski definition) is 2. The van der Waals surface area contributed by atoms with Gasteiger partial charge in [0.25, 0.3) is 0 Å². The SMILES string of the molecule is C[C@@H]1CC[C@@]2(OC1)O[C@H]1C[C@H]3[C@@H]4CCC5CC(F)=CC[C@]5(C)[C@H]4CC[C@]3(C)[C@H]1[C@@H]2C. The van der Waals surface area contributed by atoms with E-state index >= 15 is 0 Å². The summed E-state index contributed by atoms with van der Waals surface area (Å²) in [5.41, 5.74) is 0.702. The van der Waals surface area contributed by atoms with Crippen molar-refractivity contribution in [2.75, 3.05) is 6.61 Å². The van der Waals surface area contributed by atoms with E-state index in [2.05, 4.69) is 27.7 Å². The molecule has 0 N–H and O–H groups in total. The highest BCUT2D eigenvalue weighted by Crippen LogP contribution is 2.71. The van der Waals surface area contributed by atoms with Crippen molar-refractivity contribution in [1.29, 1.82) is 0 Å². The second-order valence-corrected chi connectivity index (χ2v) is 12.7. The lowest BCUT2D eigenvalue weighted by atomic mass is 9.45. The van der Waals surface area contributed by atoms with Crippen molar-refractivity contribution in [1.82, 2.24) is 0 Å². The molecule has 30 heavy (non-hydrogen) atoms. The van der Waals surface area contributed by atoms with Crippen LogP contribution in [0.1, 0.15) is 85.5 Å². The van der Waals surface area contributed by atoms with Gasteiger partial charge in [0.15, 0.2) is 5.79 Å². The smallest absolute Gasteiger partial charge is 0.171 e. The topological polar surface area (TPSA) is 18.5 Å². The quantitative estimate of drug-likeness (QED) is 0.428. The number of rotatable bonds is 0. The van der Waals surface area contributed by atoms with E-state index in [9.17, 15) is 4.39 Å². The molecule has 3 saturated carbocycles. The molecule has 6 aliphatic rings. The van der Waals surface area contributed by atoms with Gasteiger partial charge in [-0.05, 0) is 91.3 Å².